The van der Waals surface area contributed by atoms with Gasteiger partial charge in [0.05, 0.1) is 24.3 Å². The first-order valence-electron chi connectivity index (χ1n) is 10.4. The highest BCUT2D eigenvalue weighted by Gasteiger charge is 2.44. The molecular weight excluding hydrogens is 401 g/mol. The third-order valence-corrected chi connectivity index (χ3v) is 6.29. The summed E-state index contributed by atoms with van der Waals surface area (Å²) in [7, 11) is 1.32. The number of nitrogens with zero attached hydrogens (tertiary/aromatic N) is 1. The van der Waals surface area contributed by atoms with Crippen LogP contribution in [-0.4, -0.2) is 54.3 Å². The molecule has 4 rings (SSSR count). The van der Waals surface area contributed by atoms with Gasteiger partial charge in [-0.25, -0.2) is 9.18 Å². The van der Waals surface area contributed by atoms with Crippen LogP contribution < -0.4 is 4.74 Å². The number of esters is 1. The summed E-state index contributed by atoms with van der Waals surface area (Å²) < 4.78 is 24.9. The largest absolute Gasteiger partial charge is 0.488 e. The highest BCUT2D eigenvalue weighted by Crippen LogP contribution is 2.38. The highest BCUT2D eigenvalue weighted by molar-refractivity contribution is 5.95. The van der Waals surface area contributed by atoms with Crippen molar-refractivity contribution in [2.75, 3.05) is 20.2 Å². The fourth-order valence-corrected chi connectivity index (χ4v) is 4.62. The molecule has 0 unspecified atom stereocenters. The second-order valence-electron chi connectivity index (χ2n) is 8.42. The summed E-state index contributed by atoms with van der Waals surface area (Å²) >= 11 is 0. The van der Waals surface area contributed by atoms with Crippen LogP contribution in [0.5, 0.6) is 5.75 Å². The van der Waals surface area contributed by atoms with Crippen LogP contribution >= 0.6 is 0 Å². The Hall–Kier alpha value is -2.93. The van der Waals surface area contributed by atoms with E-state index in [2.05, 4.69) is 0 Å². The summed E-state index contributed by atoms with van der Waals surface area (Å²) in [4.78, 5) is 26.1. The number of fused-ring (bicyclic) bond motifs is 1. The molecular formula is C24H26FNO5. The third kappa shape index (κ3) is 4.42. The maximum atomic E-state index is 14.2. The zero-order chi connectivity index (χ0) is 22.1. The minimum Gasteiger partial charge on any atom is -0.488 e. The topological polar surface area (TPSA) is 76.1 Å². The number of carbonyl (C=O) groups is 2. The number of aliphatic hydroxyl groups excluding tert-OH is 1. The number of methoxy groups -OCH3 is 1. The molecule has 6 nitrogen and oxygen atoms in total. The number of hydrogen-bond donors (Lipinski definition) is 1. The van der Waals surface area contributed by atoms with Crippen molar-refractivity contribution in [2.24, 2.45) is 11.8 Å². The molecule has 2 fully saturated rings. The zero-order valence-electron chi connectivity index (χ0n) is 17.6. The summed E-state index contributed by atoms with van der Waals surface area (Å²) in [5.41, 5.74) is 1.36. The molecule has 1 heterocycles. The highest BCUT2D eigenvalue weighted by atomic mass is 19.1. The SMILES string of the molecule is COC(=O)c1ccc(O[C@@H]2C[C@@H]3CN(C(=O)c4cc(C)ccc4F)C[C@@H]3C[C@H]2O)cc1. The van der Waals surface area contributed by atoms with Crippen molar-refractivity contribution in [3.8, 4) is 5.75 Å². The van der Waals surface area contributed by atoms with Crippen molar-refractivity contribution in [3.05, 3.63) is 65.0 Å². The summed E-state index contributed by atoms with van der Waals surface area (Å²) in [5, 5.41) is 10.6. The van der Waals surface area contributed by atoms with Crippen molar-refractivity contribution < 1.29 is 28.6 Å². The molecule has 1 saturated carbocycles. The lowest BCUT2D eigenvalue weighted by atomic mass is 9.78. The Kier molecular flexibility index (Phi) is 5.96. The monoisotopic (exact) mass is 427 g/mol. The van der Waals surface area contributed by atoms with E-state index in [1.807, 2.05) is 6.92 Å². The average Bonchev–Trinajstić information content (AvgIpc) is 3.17. The van der Waals surface area contributed by atoms with Crippen molar-refractivity contribution in [1.82, 2.24) is 4.90 Å². The molecule has 4 atom stereocenters. The molecule has 0 radical (unpaired) electrons. The lowest BCUT2D eigenvalue weighted by Crippen LogP contribution is -2.42. The van der Waals surface area contributed by atoms with Gasteiger partial charge in [-0.2, -0.15) is 0 Å². The van der Waals surface area contributed by atoms with E-state index in [0.29, 0.717) is 37.2 Å². The minimum absolute atomic E-state index is 0.0951. The van der Waals surface area contributed by atoms with Crippen molar-refractivity contribution >= 4 is 11.9 Å². The Morgan fingerprint density at radius 3 is 2.42 bits per heavy atom. The molecule has 2 aliphatic rings. The van der Waals surface area contributed by atoms with Gasteiger partial charge in [-0.3, -0.25) is 4.79 Å². The Balaban J connectivity index is 1.41. The minimum atomic E-state index is -0.660. The molecule has 1 saturated heterocycles. The summed E-state index contributed by atoms with van der Waals surface area (Å²) in [6.07, 6.45) is 0.0589. The lowest BCUT2D eigenvalue weighted by Gasteiger charge is -2.35. The first-order chi connectivity index (χ1) is 14.9. The fourth-order valence-electron chi connectivity index (χ4n) is 4.62. The van der Waals surface area contributed by atoms with E-state index < -0.39 is 24.0 Å². The number of carbonyl (C=O) groups excluding carboxylic acids is 2. The van der Waals surface area contributed by atoms with Crippen molar-refractivity contribution in [3.63, 3.8) is 0 Å². The molecule has 0 bridgehead atoms. The zero-order valence-corrected chi connectivity index (χ0v) is 17.6. The molecule has 7 heteroatoms. The summed E-state index contributed by atoms with van der Waals surface area (Å²) in [6, 6.07) is 11.1. The van der Waals surface area contributed by atoms with Gasteiger partial charge in [-0.15, -0.1) is 0 Å². The smallest absolute Gasteiger partial charge is 0.337 e. The van der Waals surface area contributed by atoms with Crippen LogP contribution in [0, 0.1) is 24.6 Å². The number of halogens is 1. The van der Waals surface area contributed by atoms with E-state index in [1.54, 1.807) is 41.3 Å². The standard InChI is InChI=1S/C24H26FNO5/c1-14-3-8-20(25)19(9-14)23(28)26-12-16-10-21(27)22(11-17(16)13-26)31-18-6-4-15(5-7-18)24(29)30-2/h3-9,16-17,21-22,27H,10-13H2,1-2H3/t16-,17+,21+,22+/m0/s1. The number of likely N-dealkylation sites (tertiary alicyclic amines) is 1. The second-order valence-corrected chi connectivity index (χ2v) is 8.42. The molecule has 2 aromatic rings. The molecule has 1 aliphatic carbocycles. The fraction of sp³-hybridized carbons (Fsp3) is 0.417. The van der Waals surface area contributed by atoms with Crippen LogP contribution in [0.1, 0.15) is 39.1 Å². The molecule has 164 valence electrons. The average molecular weight is 427 g/mol. The maximum Gasteiger partial charge on any atom is 0.337 e. The van der Waals surface area contributed by atoms with Gasteiger partial charge in [-0.05, 0) is 68.0 Å². The number of aryl methyl sites for hydroxylation is 1. The van der Waals surface area contributed by atoms with Gasteiger partial charge < -0.3 is 19.5 Å². The number of ether oxygens (including phenoxy) is 2. The van der Waals surface area contributed by atoms with Gasteiger partial charge in [0.1, 0.15) is 17.7 Å². The second kappa shape index (κ2) is 8.67. The quantitative estimate of drug-likeness (QED) is 0.759. The van der Waals surface area contributed by atoms with Crippen molar-refractivity contribution in [2.45, 2.75) is 32.0 Å². The maximum absolute atomic E-state index is 14.2. The summed E-state index contributed by atoms with van der Waals surface area (Å²) in [6.45, 7) is 2.86. The molecule has 1 amide bonds. The number of rotatable bonds is 4. The van der Waals surface area contributed by atoms with Crippen LogP contribution in [0.15, 0.2) is 42.5 Å². The summed E-state index contributed by atoms with van der Waals surface area (Å²) in [5.74, 6) is -0.341. The number of hydrogen-bond acceptors (Lipinski definition) is 5. The first kappa shape index (κ1) is 21.3. The third-order valence-electron chi connectivity index (χ3n) is 6.29. The number of amides is 1. The lowest BCUT2D eigenvalue weighted by molar-refractivity contribution is -0.0231. The normalized spacial score (nSPS) is 25.1. The van der Waals surface area contributed by atoms with Gasteiger partial charge in [0.2, 0.25) is 0 Å². The van der Waals surface area contributed by atoms with Crippen LogP contribution in [0.4, 0.5) is 4.39 Å². The van der Waals surface area contributed by atoms with Gasteiger partial charge in [-0.1, -0.05) is 11.6 Å². The van der Waals surface area contributed by atoms with Crippen molar-refractivity contribution in [1.29, 1.82) is 0 Å². The van der Waals surface area contributed by atoms with E-state index >= 15 is 0 Å². The predicted octanol–water partition coefficient (Wildman–Crippen LogP) is 3.21. The van der Waals surface area contributed by atoms with Gasteiger partial charge in [0.15, 0.2) is 0 Å². The van der Waals surface area contributed by atoms with E-state index in [0.717, 1.165) is 5.56 Å². The van der Waals surface area contributed by atoms with E-state index in [9.17, 15) is 19.1 Å². The Morgan fingerprint density at radius 2 is 1.74 bits per heavy atom. The van der Waals surface area contributed by atoms with E-state index in [1.165, 1.54) is 13.2 Å². The predicted molar refractivity (Wildman–Crippen MR) is 111 cm³/mol. The Labute approximate surface area is 180 Å². The first-order valence-corrected chi connectivity index (χ1v) is 10.4. The molecule has 1 N–H and O–H groups in total. The molecule has 2 aromatic carbocycles. The molecule has 1 aliphatic heterocycles. The van der Waals surface area contributed by atoms with E-state index in [-0.39, 0.29) is 23.3 Å². The van der Waals surface area contributed by atoms with Gasteiger partial charge in [0, 0.05) is 13.1 Å². The van der Waals surface area contributed by atoms with Crippen LogP contribution in [-0.2, 0) is 4.74 Å². The molecule has 31 heavy (non-hydrogen) atoms. The Morgan fingerprint density at radius 1 is 1.06 bits per heavy atom. The Bertz CT molecular complexity index is 976. The van der Waals surface area contributed by atoms with E-state index in [4.69, 9.17) is 9.47 Å². The molecule has 0 aromatic heterocycles. The number of aliphatic hydroxyl groups is 1. The van der Waals surface area contributed by atoms with Crippen LogP contribution in [0.25, 0.3) is 0 Å². The van der Waals surface area contributed by atoms with Crippen LogP contribution in [0.2, 0.25) is 0 Å². The number of benzene rings is 2. The van der Waals surface area contributed by atoms with Gasteiger partial charge >= 0.3 is 5.97 Å². The molecule has 0 spiro atoms. The van der Waals surface area contributed by atoms with Gasteiger partial charge in [0.25, 0.3) is 5.91 Å². The van der Waals surface area contributed by atoms with Crippen LogP contribution in [0.3, 0.4) is 0 Å².